The minimum atomic E-state index is -2.68. The minimum Gasteiger partial charge on any atom is -0.480 e. The average Bonchev–Trinajstić information content (AvgIpc) is 2.27. The fraction of sp³-hybridized carbons (Fsp3) is 0.846. The molecule has 1 atom stereocenters. The van der Waals surface area contributed by atoms with E-state index >= 15 is 0 Å². The fourth-order valence-electron chi connectivity index (χ4n) is 2.28. The maximum absolute atomic E-state index is 13.0. The molecule has 6 heteroatoms. The second kappa shape index (κ2) is 6.30. The molecule has 0 unspecified atom stereocenters. The quantitative estimate of drug-likeness (QED) is 0.811. The van der Waals surface area contributed by atoms with Crippen LogP contribution in [0, 0.1) is 11.8 Å². The highest BCUT2D eigenvalue weighted by Gasteiger charge is 2.38. The lowest BCUT2D eigenvalue weighted by Crippen LogP contribution is -2.45. The van der Waals surface area contributed by atoms with Crippen LogP contribution >= 0.6 is 0 Å². The van der Waals surface area contributed by atoms with E-state index in [1.807, 2.05) is 13.8 Å². The predicted molar refractivity (Wildman–Crippen MR) is 65.9 cm³/mol. The number of alkyl halides is 2. The Kier molecular flexibility index (Phi) is 5.26. The van der Waals surface area contributed by atoms with Crippen LogP contribution in [0.5, 0.6) is 0 Å². The normalized spacial score (nSPS) is 21.1. The molecule has 4 nitrogen and oxygen atoms in total. The first-order valence-electron chi connectivity index (χ1n) is 6.62. The standard InChI is InChI=1S/C13H21F2NO3/c1-8(2)7-10(12(18)19)16-11(17)9-3-5-13(14,15)6-4-9/h8-10H,3-7H2,1-2H3,(H,16,17)(H,18,19)/t10-/m0/s1. The van der Waals surface area contributed by atoms with Gasteiger partial charge in [0.05, 0.1) is 0 Å². The molecule has 0 radical (unpaired) electrons. The summed E-state index contributed by atoms with van der Waals surface area (Å²) in [5.41, 5.74) is 0. The van der Waals surface area contributed by atoms with Gasteiger partial charge in [0.1, 0.15) is 6.04 Å². The summed E-state index contributed by atoms with van der Waals surface area (Å²) in [5.74, 6) is -4.53. The SMILES string of the molecule is CC(C)C[C@H](NC(=O)C1CCC(F)(F)CC1)C(=O)O. The predicted octanol–water partition coefficient (Wildman–Crippen LogP) is 2.43. The van der Waals surface area contributed by atoms with Gasteiger partial charge in [-0.05, 0) is 25.2 Å². The molecule has 1 aliphatic carbocycles. The molecule has 0 aliphatic heterocycles. The van der Waals surface area contributed by atoms with E-state index in [2.05, 4.69) is 5.32 Å². The average molecular weight is 277 g/mol. The van der Waals surface area contributed by atoms with Gasteiger partial charge in [0.25, 0.3) is 0 Å². The van der Waals surface area contributed by atoms with Crippen LogP contribution in [-0.4, -0.2) is 28.9 Å². The molecule has 0 spiro atoms. The van der Waals surface area contributed by atoms with Crippen molar-refractivity contribution in [2.24, 2.45) is 11.8 Å². The molecule has 19 heavy (non-hydrogen) atoms. The molecule has 1 fully saturated rings. The summed E-state index contributed by atoms with van der Waals surface area (Å²) < 4.78 is 26.0. The molecule has 0 aromatic carbocycles. The second-order valence-electron chi connectivity index (χ2n) is 5.66. The number of aliphatic carboxylic acids is 1. The zero-order valence-corrected chi connectivity index (χ0v) is 11.3. The van der Waals surface area contributed by atoms with Crippen molar-refractivity contribution >= 4 is 11.9 Å². The van der Waals surface area contributed by atoms with Gasteiger partial charge in [0.2, 0.25) is 11.8 Å². The second-order valence-corrected chi connectivity index (χ2v) is 5.66. The molecule has 1 rings (SSSR count). The highest BCUT2D eigenvalue weighted by molar-refractivity contribution is 5.85. The molecule has 1 amide bonds. The van der Waals surface area contributed by atoms with Crippen LogP contribution in [0.1, 0.15) is 46.0 Å². The lowest BCUT2D eigenvalue weighted by Gasteiger charge is -2.28. The molecule has 1 aliphatic rings. The lowest BCUT2D eigenvalue weighted by atomic mass is 9.86. The Bertz CT molecular complexity index is 335. The zero-order chi connectivity index (χ0) is 14.6. The van der Waals surface area contributed by atoms with Gasteiger partial charge >= 0.3 is 5.97 Å². The summed E-state index contributed by atoms with van der Waals surface area (Å²) in [4.78, 5) is 22.9. The number of hydrogen-bond donors (Lipinski definition) is 2. The van der Waals surface area contributed by atoms with Crippen LogP contribution in [0.2, 0.25) is 0 Å². The fourth-order valence-corrected chi connectivity index (χ4v) is 2.28. The topological polar surface area (TPSA) is 66.4 Å². The van der Waals surface area contributed by atoms with Gasteiger partial charge in [-0.3, -0.25) is 4.79 Å². The Morgan fingerprint density at radius 3 is 2.26 bits per heavy atom. The summed E-state index contributed by atoms with van der Waals surface area (Å²) in [6.07, 6.45) is -0.0241. The van der Waals surface area contributed by atoms with E-state index < -0.39 is 29.8 Å². The van der Waals surface area contributed by atoms with Gasteiger partial charge in [-0.25, -0.2) is 13.6 Å². The highest BCUT2D eigenvalue weighted by atomic mass is 19.3. The van der Waals surface area contributed by atoms with Gasteiger partial charge in [0, 0.05) is 18.8 Å². The summed E-state index contributed by atoms with van der Waals surface area (Å²) in [6.45, 7) is 3.73. The van der Waals surface area contributed by atoms with E-state index in [4.69, 9.17) is 5.11 Å². The first-order valence-corrected chi connectivity index (χ1v) is 6.62. The van der Waals surface area contributed by atoms with E-state index in [0.29, 0.717) is 6.42 Å². The van der Waals surface area contributed by atoms with Crippen LogP contribution < -0.4 is 5.32 Å². The first-order chi connectivity index (χ1) is 8.71. The Morgan fingerprint density at radius 2 is 1.84 bits per heavy atom. The van der Waals surface area contributed by atoms with Crippen molar-refractivity contribution in [3.8, 4) is 0 Å². The molecule has 0 bridgehead atoms. The van der Waals surface area contributed by atoms with Crippen molar-refractivity contribution in [2.75, 3.05) is 0 Å². The molecular weight excluding hydrogens is 256 g/mol. The zero-order valence-electron chi connectivity index (χ0n) is 11.3. The number of nitrogens with one attached hydrogen (secondary N) is 1. The van der Waals surface area contributed by atoms with E-state index in [0.717, 1.165) is 0 Å². The number of hydrogen-bond acceptors (Lipinski definition) is 2. The molecule has 0 aromatic heterocycles. The van der Waals surface area contributed by atoms with E-state index in [9.17, 15) is 18.4 Å². The van der Waals surface area contributed by atoms with Gasteiger partial charge in [-0.15, -0.1) is 0 Å². The number of halogens is 2. The van der Waals surface area contributed by atoms with Gasteiger partial charge in [-0.1, -0.05) is 13.8 Å². The molecular formula is C13H21F2NO3. The largest absolute Gasteiger partial charge is 0.480 e. The summed E-state index contributed by atoms with van der Waals surface area (Å²) in [6, 6.07) is -0.935. The Balaban J connectivity index is 2.51. The number of carboxylic acids is 1. The molecule has 0 heterocycles. The number of carboxylic acid groups (broad SMARTS) is 1. The Morgan fingerprint density at radius 1 is 1.32 bits per heavy atom. The number of carbonyl (C=O) groups excluding carboxylic acids is 1. The van der Waals surface area contributed by atoms with Crippen molar-refractivity contribution in [2.45, 2.75) is 57.9 Å². The van der Waals surface area contributed by atoms with Crippen molar-refractivity contribution < 1.29 is 23.5 Å². The third-order valence-electron chi connectivity index (χ3n) is 3.41. The Hall–Kier alpha value is -1.20. The van der Waals surface area contributed by atoms with Crippen molar-refractivity contribution in [1.29, 1.82) is 0 Å². The molecule has 1 saturated carbocycles. The smallest absolute Gasteiger partial charge is 0.326 e. The van der Waals surface area contributed by atoms with Crippen LogP contribution in [0.15, 0.2) is 0 Å². The van der Waals surface area contributed by atoms with E-state index in [1.54, 1.807) is 0 Å². The van der Waals surface area contributed by atoms with Crippen LogP contribution in [0.4, 0.5) is 8.78 Å². The molecule has 0 aromatic rings. The van der Waals surface area contributed by atoms with E-state index in [-0.39, 0.29) is 31.6 Å². The molecule has 2 N–H and O–H groups in total. The Labute approximate surface area is 111 Å². The third kappa shape index (κ3) is 5.12. The van der Waals surface area contributed by atoms with E-state index in [1.165, 1.54) is 0 Å². The number of carbonyl (C=O) groups is 2. The van der Waals surface area contributed by atoms with Crippen LogP contribution in [-0.2, 0) is 9.59 Å². The number of rotatable bonds is 5. The monoisotopic (exact) mass is 277 g/mol. The molecule has 0 saturated heterocycles. The highest BCUT2D eigenvalue weighted by Crippen LogP contribution is 2.36. The summed E-state index contributed by atoms with van der Waals surface area (Å²) in [7, 11) is 0. The maximum atomic E-state index is 13.0. The summed E-state index contributed by atoms with van der Waals surface area (Å²) in [5, 5.41) is 11.5. The first kappa shape index (κ1) is 15.9. The van der Waals surface area contributed by atoms with Gasteiger partial charge in [-0.2, -0.15) is 0 Å². The van der Waals surface area contributed by atoms with Crippen molar-refractivity contribution in [1.82, 2.24) is 5.32 Å². The lowest BCUT2D eigenvalue weighted by molar-refractivity contribution is -0.143. The van der Waals surface area contributed by atoms with Gasteiger partial charge in [0.15, 0.2) is 0 Å². The minimum absolute atomic E-state index is 0.118. The maximum Gasteiger partial charge on any atom is 0.326 e. The summed E-state index contributed by atoms with van der Waals surface area (Å²) >= 11 is 0. The van der Waals surface area contributed by atoms with Crippen LogP contribution in [0.3, 0.4) is 0 Å². The van der Waals surface area contributed by atoms with Crippen molar-refractivity contribution in [3.63, 3.8) is 0 Å². The molecule has 110 valence electrons. The van der Waals surface area contributed by atoms with Gasteiger partial charge < -0.3 is 10.4 Å². The number of amides is 1. The van der Waals surface area contributed by atoms with Crippen molar-refractivity contribution in [3.05, 3.63) is 0 Å². The van der Waals surface area contributed by atoms with Crippen LogP contribution in [0.25, 0.3) is 0 Å². The third-order valence-corrected chi connectivity index (χ3v) is 3.41.